The highest BCUT2D eigenvalue weighted by atomic mass is 19.4. The lowest BCUT2D eigenvalue weighted by molar-refractivity contribution is -0.237. The van der Waals surface area contributed by atoms with E-state index in [1.165, 1.54) is 0 Å². The van der Waals surface area contributed by atoms with E-state index in [1.54, 1.807) is 12.2 Å². The zero-order valence-electron chi connectivity index (χ0n) is 9.37. The molecule has 0 heterocycles. The normalized spacial score (nSPS) is 15.4. The quantitative estimate of drug-likeness (QED) is 0.726. The Morgan fingerprint density at radius 2 is 2.06 bits per heavy atom. The summed E-state index contributed by atoms with van der Waals surface area (Å²) in [5, 5.41) is 11.1. The third-order valence-corrected chi connectivity index (χ3v) is 1.79. The third kappa shape index (κ3) is 4.94. The van der Waals surface area contributed by atoms with Gasteiger partial charge in [-0.2, -0.15) is 13.2 Å². The van der Waals surface area contributed by atoms with Crippen molar-refractivity contribution in [3.8, 4) is 0 Å². The van der Waals surface area contributed by atoms with Gasteiger partial charge in [-0.15, -0.1) is 0 Å². The third-order valence-electron chi connectivity index (χ3n) is 1.79. The van der Waals surface area contributed by atoms with Crippen LogP contribution >= 0.6 is 0 Å². The number of alkyl halides is 3. The molecule has 5 nitrogen and oxygen atoms in total. The van der Waals surface area contributed by atoms with Gasteiger partial charge in [0.15, 0.2) is 5.60 Å². The van der Waals surface area contributed by atoms with Gasteiger partial charge in [-0.05, 0) is 13.0 Å². The average Bonchev–Trinajstić information content (AvgIpc) is 2.24. The second-order valence-corrected chi connectivity index (χ2v) is 3.03. The molecule has 0 saturated carbocycles. The van der Waals surface area contributed by atoms with Crippen molar-refractivity contribution in [2.45, 2.75) is 18.7 Å². The van der Waals surface area contributed by atoms with Crippen LogP contribution < -0.4 is 5.32 Å². The first-order valence-corrected chi connectivity index (χ1v) is 4.67. The monoisotopic (exact) mass is 257 g/mol. The molecule has 1 atom stereocenters. The Hall–Kier alpha value is -1.44. The lowest BCUT2D eigenvalue weighted by Gasteiger charge is -2.27. The number of hydrogen-bond acceptors (Lipinski definition) is 4. The van der Waals surface area contributed by atoms with Crippen molar-refractivity contribution in [1.29, 1.82) is 0 Å². The second kappa shape index (κ2) is 6.33. The summed E-state index contributed by atoms with van der Waals surface area (Å²) in [6.07, 6.45) is -4.86. The molecule has 8 heteroatoms. The van der Waals surface area contributed by atoms with Gasteiger partial charge in [0.2, 0.25) is 0 Å². The van der Waals surface area contributed by atoms with Crippen LogP contribution in [0.3, 0.4) is 0 Å². The number of alkyl carbamates (subject to hydrolysis) is 1. The van der Waals surface area contributed by atoms with Crippen LogP contribution in [0, 0.1) is 0 Å². The lowest BCUT2D eigenvalue weighted by atomic mass is 10.0. The molecule has 1 amide bonds. The van der Waals surface area contributed by atoms with Crippen molar-refractivity contribution < 1.29 is 32.5 Å². The maximum absolute atomic E-state index is 12.5. The van der Waals surface area contributed by atoms with Crippen molar-refractivity contribution in [2.75, 3.05) is 20.3 Å². The minimum atomic E-state index is -4.94. The molecular formula is C9H14F3NO4. The van der Waals surface area contributed by atoms with Crippen LogP contribution in [0.15, 0.2) is 12.3 Å². The molecule has 0 bridgehead atoms. The van der Waals surface area contributed by atoms with E-state index in [2.05, 4.69) is 9.47 Å². The molecule has 0 aromatic rings. The Labute approximate surface area is 96.2 Å². The molecule has 0 saturated heterocycles. The molecule has 0 aliphatic heterocycles. The fourth-order valence-corrected chi connectivity index (χ4v) is 0.790. The van der Waals surface area contributed by atoms with E-state index in [0.717, 1.165) is 13.4 Å². The zero-order valence-corrected chi connectivity index (χ0v) is 9.37. The largest absolute Gasteiger partial charge is 0.502 e. The predicted molar refractivity (Wildman–Crippen MR) is 52.2 cm³/mol. The van der Waals surface area contributed by atoms with E-state index in [4.69, 9.17) is 0 Å². The van der Waals surface area contributed by atoms with Crippen molar-refractivity contribution in [2.24, 2.45) is 0 Å². The van der Waals surface area contributed by atoms with Crippen LogP contribution in [0.4, 0.5) is 18.0 Å². The maximum atomic E-state index is 12.5. The summed E-state index contributed by atoms with van der Waals surface area (Å²) >= 11 is 0. The number of nitrogens with one attached hydrogen (secondary N) is 1. The van der Waals surface area contributed by atoms with Gasteiger partial charge < -0.3 is 19.9 Å². The first-order valence-electron chi connectivity index (χ1n) is 4.67. The first kappa shape index (κ1) is 15.6. The standard InChI is InChI=1S/C9H14F3NO4/c1-3-17-5-4-8(15,9(10,11)12)6-13-7(14)16-2/h4-5,15H,3,6H2,1-2H3,(H,13,14)/b5-4+/t8-/m0/s1. The minimum Gasteiger partial charge on any atom is -0.502 e. The van der Waals surface area contributed by atoms with Gasteiger partial charge in [-0.3, -0.25) is 0 Å². The molecule has 2 N–H and O–H groups in total. The Morgan fingerprint density at radius 3 is 2.47 bits per heavy atom. The van der Waals surface area contributed by atoms with Crippen LogP contribution in [0.5, 0.6) is 0 Å². The van der Waals surface area contributed by atoms with Gasteiger partial charge in [-0.25, -0.2) is 4.79 Å². The first-order chi connectivity index (χ1) is 7.77. The number of methoxy groups -OCH3 is 1. The molecule has 0 aromatic heterocycles. The van der Waals surface area contributed by atoms with E-state index in [-0.39, 0.29) is 6.61 Å². The second-order valence-electron chi connectivity index (χ2n) is 3.03. The van der Waals surface area contributed by atoms with Crippen molar-refractivity contribution in [3.05, 3.63) is 12.3 Å². The van der Waals surface area contributed by atoms with Crippen LogP contribution in [-0.4, -0.2) is 43.2 Å². The Kier molecular flexibility index (Phi) is 5.80. The summed E-state index contributed by atoms with van der Waals surface area (Å²) in [5.41, 5.74) is -3.20. The summed E-state index contributed by atoms with van der Waals surface area (Å²) in [6, 6.07) is 0. The van der Waals surface area contributed by atoms with Gasteiger partial charge in [-0.1, -0.05) is 0 Å². The highest BCUT2D eigenvalue weighted by molar-refractivity contribution is 5.67. The predicted octanol–water partition coefficient (Wildman–Crippen LogP) is 1.19. The molecule has 0 aliphatic rings. The van der Waals surface area contributed by atoms with Crippen LogP contribution in [0.25, 0.3) is 0 Å². The molecule has 0 fully saturated rings. The molecule has 17 heavy (non-hydrogen) atoms. The molecule has 0 unspecified atom stereocenters. The number of aliphatic hydroxyl groups is 1. The summed E-state index contributed by atoms with van der Waals surface area (Å²) in [4.78, 5) is 10.6. The molecule has 0 aliphatic carbocycles. The molecule has 0 aromatic carbocycles. The number of hydrogen-bond donors (Lipinski definition) is 2. The zero-order chi connectivity index (χ0) is 13.5. The molecule has 0 rings (SSSR count). The fourth-order valence-electron chi connectivity index (χ4n) is 0.790. The fraction of sp³-hybridized carbons (Fsp3) is 0.667. The van der Waals surface area contributed by atoms with Gasteiger partial charge >= 0.3 is 12.3 Å². The maximum Gasteiger partial charge on any atom is 0.422 e. The highest BCUT2D eigenvalue weighted by Gasteiger charge is 2.52. The summed E-state index contributed by atoms with van der Waals surface area (Å²) in [5.74, 6) is 0. The summed E-state index contributed by atoms with van der Waals surface area (Å²) in [6.45, 7) is 0.672. The molecule has 0 radical (unpaired) electrons. The van der Waals surface area contributed by atoms with E-state index in [1.807, 2.05) is 0 Å². The Balaban J connectivity index is 4.68. The molecule has 100 valence electrons. The molecular weight excluding hydrogens is 243 g/mol. The summed E-state index contributed by atoms with van der Waals surface area (Å²) in [7, 11) is 0.998. The van der Waals surface area contributed by atoms with Crippen molar-refractivity contribution in [1.82, 2.24) is 5.32 Å². The number of carbonyl (C=O) groups excluding carboxylic acids is 1. The average molecular weight is 257 g/mol. The summed E-state index contributed by atoms with van der Waals surface area (Å²) < 4.78 is 46.3. The number of amides is 1. The smallest absolute Gasteiger partial charge is 0.422 e. The van der Waals surface area contributed by atoms with Crippen LogP contribution in [-0.2, 0) is 9.47 Å². The van der Waals surface area contributed by atoms with E-state index >= 15 is 0 Å². The minimum absolute atomic E-state index is 0.162. The van der Waals surface area contributed by atoms with Gasteiger partial charge in [0.05, 0.1) is 26.5 Å². The van der Waals surface area contributed by atoms with E-state index in [9.17, 15) is 23.1 Å². The lowest BCUT2D eigenvalue weighted by Crippen LogP contribution is -2.52. The SMILES string of the molecule is CCO/C=C/[C@](O)(CNC(=O)OC)C(F)(F)F. The number of halogens is 3. The molecule has 0 spiro atoms. The van der Waals surface area contributed by atoms with Crippen LogP contribution in [0.2, 0.25) is 0 Å². The number of carbonyl (C=O) groups is 1. The van der Waals surface area contributed by atoms with Gasteiger partial charge in [0.1, 0.15) is 0 Å². The number of rotatable bonds is 5. The van der Waals surface area contributed by atoms with E-state index < -0.39 is 24.4 Å². The topological polar surface area (TPSA) is 67.8 Å². The van der Waals surface area contributed by atoms with E-state index in [0.29, 0.717) is 6.08 Å². The Bertz CT molecular complexity index is 280. The van der Waals surface area contributed by atoms with Crippen molar-refractivity contribution in [3.63, 3.8) is 0 Å². The van der Waals surface area contributed by atoms with Crippen molar-refractivity contribution >= 4 is 6.09 Å². The number of ether oxygens (including phenoxy) is 2. The van der Waals surface area contributed by atoms with Crippen LogP contribution in [0.1, 0.15) is 6.92 Å². The highest BCUT2D eigenvalue weighted by Crippen LogP contribution is 2.31. The van der Waals surface area contributed by atoms with Gasteiger partial charge in [0, 0.05) is 0 Å². The Morgan fingerprint density at radius 1 is 1.47 bits per heavy atom. The van der Waals surface area contributed by atoms with Gasteiger partial charge in [0.25, 0.3) is 0 Å².